The van der Waals surface area contributed by atoms with E-state index >= 15 is 0 Å². The SMILES string of the molecule is Cc1ccnc2nc(-c3[c-]ccc4c3oc3ccccc34)n(-c3c(C(C)C)cc(-c4ccccc4)cc3C(C)C)c12.[2H]C([2H])([2H])c1c[c-]c(-c2cc(C(C)(C)c3ccccc3)c([Si](C)(C)C)cn2)cc1.[Ir]. The number of hydrogen-bond donors (Lipinski definition) is 0. The molecular formula is C61H60IrN4OSi-2. The van der Waals surface area contributed by atoms with Gasteiger partial charge < -0.3 is 14.0 Å². The first-order chi connectivity index (χ1) is 33.3. The van der Waals surface area contributed by atoms with E-state index in [2.05, 4.69) is 176 Å². The molecule has 1 radical (unpaired) electrons. The smallest absolute Gasteiger partial charge is 0.168 e. The summed E-state index contributed by atoms with van der Waals surface area (Å²) >= 11 is 0. The minimum absolute atomic E-state index is 0. The number of hydrogen-bond acceptors (Lipinski definition) is 4. The molecule has 0 spiro atoms. The van der Waals surface area contributed by atoms with Gasteiger partial charge in [0.15, 0.2) is 5.65 Å². The second kappa shape index (κ2) is 19.4. The van der Waals surface area contributed by atoms with E-state index in [-0.39, 0.29) is 37.4 Å². The molecule has 10 aromatic rings. The summed E-state index contributed by atoms with van der Waals surface area (Å²) in [7, 11) is -1.63. The van der Waals surface area contributed by atoms with Gasteiger partial charge in [0.2, 0.25) is 0 Å². The maximum atomic E-state index is 7.56. The zero-order chi connectivity index (χ0) is 49.7. The van der Waals surface area contributed by atoms with E-state index in [1.54, 1.807) is 18.2 Å². The molecule has 0 atom stereocenters. The average molecular weight is 1090 g/mol. The number of benzene rings is 6. The second-order valence-electron chi connectivity index (χ2n) is 19.8. The Labute approximate surface area is 421 Å². The summed E-state index contributed by atoms with van der Waals surface area (Å²) in [6.45, 7) is 20.6. The van der Waals surface area contributed by atoms with Crippen LogP contribution in [0, 0.1) is 25.9 Å². The molecule has 0 amide bonds. The van der Waals surface area contributed by atoms with E-state index in [1.165, 1.54) is 44.3 Å². The molecule has 68 heavy (non-hydrogen) atoms. The van der Waals surface area contributed by atoms with Crippen molar-refractivity contribution >= 4 is 46.4 Å². The largest absolute Gasteiger partial charge is 0.501 e. The monoisotopic (exact) mass is 1090 g/mol. The van der Waals surface area contributed by atoms with Crippen LogP contribution < -0.4 is 5.19 Å². The fraction of sp³-hybridized carbons (Fsp3) is 0.230. The Morgan fingerprint density at radius 1 is 0.735 bits per heavy atom. The molecule has 0 aliphatic heterocycles. The minimum atomic E-state index is -2.12. The Balaban J connectivity index is 0.000000200. The first-order valence-corrected chi connectivity index (χ1v) is 26.8. The first-order valence-electron chi connectivity index (χ1n) is 24.8. The Morgan fingerprint density at radius 3 is 2.06 bits per heavy atom. The van der Waals surface area contributed by atoms with E-state index < -0.39 is 14.9 Å². The van der Waals surface area contributed by atoms with Crippen LogP contribution in [0.3, 0.4) is 0 Å². The zero-order valence-corrected chi connectivity index (χ0v) is 44.0. The average Bonchev–Trinajstić information content (AvgIpc) is 3.93. The Bertz CT molecular complexity index is 3470. The predicted octanol–water partition coefficient (Wildman–Crippen LogP) is 15.7. The fourth-order valence-corrected chi connectivity index (χ4v) is 11.0. The van der Waals surface area contributed by atoms with Crippen molar-refractivity contribution in [2.45, 2.75) is 92.2 Å². The van der Waals surface area contributed by atoms with E-state index in [0.29, 0.717) is 5.56 Å². The van der Waals surface area contributed by atoms with Gasteiger partial charge in [-0.1, -0.05) is 164 Å². The van der Waals surface area contributed by atoms with Gasteiger partial charge in [0.05, 0.1) is 25.0 Å². The molecule has 4 heterocycles. The van der Waals surface area contributed by atoms with E-state index in [4.69, 9.17) is 23.5 Å². The van der Waals surface area contributed by atoms with Crippen LogP contribution in [-0.4, -0.2) is 27.6 Å². The molecule has 4 aromatic heterocycles. The number of aromatic nitrogens is 4. The summed E-state index contributed by atoms with van der Waals surface area (Å²) in [5, 5.41) is 3.49. The summed E-state index contributed by atoms with van der Waals surface area (Å²) in [6.07, 6.45) is 3.86. The quantitative estimate of drug-likeness (QED) is 0.107. The zero-order valence-electron chi connectivity index (χ0n) is 43.6. The van der Waals surface area contributed by atoms with Crippen LogP contribution in [0.1, 0.15) is 90.9 Å². The maximum absolute atomic E-state index is 7.56. The van der Waals surface area contributed by atoms with E-state index in [0.717, 1.165) is 61.3 Å². The fourth-order valence-electron chi connectivity index (χ4n) is 9.32. The molecule has 0 aliphatic rings. The molecule has 0 N–H and O–H groups in total. The van der Waals surface area contributed by atoms with Crippen LogP contribution in [0.2, 0.25) is 19.6 Å². The maximum Gasteiger partial charge on any atom is 0.168 e. The topological polar surface area (TPSA) is 56.7 Å². The Kier molecular flexibility index (Phi) is 12.6. The number of aryl methyl sites for hydroxylation is 2. The van der Waals surface area contributed by atoms with Crippen molar-refractivity contribution in [2.24, 2.45) is 0 Å². The standard InChI is InChI=1S/C37H32N3O.C24H28NSi.Ir/c1-22(2)30-20-26(25-12-7-6-8-13-25)21-31(23(3)4)34(30)40-33-24(5)18-19-38-36(33)39-37(40)29-16-11-15-28-27-14-9-10-17-32(27)41-35(28)29;1-18-12-14-19(15-13-18)22-16-21(23(17-25-22)26(4,5)6)24(2,3)20-10-8-7-9-11-20;/h6-15,17-23H,1-5H3;7-14,16-17H,1-6H3;/q2*-1;/i;1D3;. The third-order valence-electron chi connectivity index (χ3n) is 13.0. The third-order valence-corrected chi connectivity index (χ3v) is 15.0. The molecule has 0 unspecified atom stereocenters. The van der Waals surface area contributed by atoms with Gasteiger partial charge in [0.25, 0.3) is 0 Å². The molecule has 10 rings (SSSR count). The van der Waals surface area contributed by atoms with Crippen molar-refractivity contribution < 1.29 is 28.6 Å². The summed E-state index contributed by atoms with van der Waals surface area (Å²) in [4.78, 5) is 14.7. The first kappa shape index (κ1) is 44.3. The van der Waals surface area contributed by atoms with Crippen LogP contribution in [0.25, 0.3) is 72.6 Å². The summed E-state index contributed by atoms with van der Waals surface area (Å²) < 4.78 is 31.5. The number of para-hydroxylation sites is 1. The third kappa shape index (κ3) is 9.20. The van der Waals surface area contributed by atoms with Crippen LogP contribution in [0.15, 0.2) is 156 Å². The molecule has 6 aromatic carbocycles. The number of imidazole rings is 1. The van der Waals surface area contributed by atoms with Crippen molar-refractivity contribution in [1.29, 1.82) is 0 Å². The Hall–Kier alpha value is -6.24. The number of pyridine rings is 2. The van der Waals surface area contributed by atoms with E-state index in [9.17, 15) is 0 Å². The van der Waals surface area contributed by atoms with Gasteiger partial charge in [-0.05, 0) is 92.8 Å². The van der Waals surface area contributed by atoms with Crippen molar-refractivity contribution in [1.82, 2.24) is 19.5 Å². The van der Waals surface area contributed by atoms with Gasteiger partial charge in [0.1, 0.15) is 5.58 Å². The van der Waals surface area contributed by atoms with Gasteiger partial charge in [-0.2, -0.15) is 0 Å². The molecule has 0 bridgehead atoms. The number of nitrogens with zero attached hydrogens (tertiary/aromatic N) is 4. The van der Waals surface area contributed by atoms with Crippen LogP contribution in [0.4, 0.5) is 0 Å². The summed E-state index contributed by atoms with van der Waals surface area (Å²) in [5.74, 6) is 1.35. The van der Waals surface area contributed by atoms with Gasteiger partial charge in [-0.25, -0.2) is 4.98 Å². The molecule has 0 saturated heterocycles. The molecule has 7 heteroatoms. The summed E-state index contributed by atoms with van der Waals surface area (Å²) in [5.41, 5.74) is 15.8. The minimum Gasteiger partial charge on any atom is -0.501 e. The molecular weight excluding hydrogens is 1030 g/mol. The van der Waals surface area contributed by atoms with Gasteiger partial charge in [0, 0.05) is 53.1 Å². The van der Waals surface area contributed by atoms with Crippen LogP contribution >= 0.6 is 0 Å². The van der Waals surface area contributed by atoms with Crippen molar-refractivity contribution in [3.63, 3.8) is 0 Å². The van der Waals surface area contributed by atoms with Gasteiger partial charge in [-0.3, -0.25) is 4.98 Å². The molecule has 0 saturated carbocycles. The molecule has 0 aliphatic carbocycles. The molecule has 0 fully saturated rings. The number of furan rings is 1. The number of rotatable bonds is 9. The Morgan fingerprint density at radius 2 is 1.41 bits per heavy atom. The molecule has 5 nitrogen and oxygen atoms in total. The van der Waals surface area contributed by atoms with Crippen molar-refractivity contribution in [2.75, 3.05) is 0 Å². The van der Waals surface area contributed by atoms with Crippen molar-refractivity contribution in [3.8, 4) is 39.5 Å². The summed E-state index contributed by atoms with van der Waals surface area (Å²) in [6, 6.07) is 54.0. The normalized spacial score (nSPS) is 12.7. The number of fused-ring (bicyclic) bond motifs is 4. The predicted molar refractivity (Wildman–Crippen MR) is 284 cm³/mol. The van der Waals surface area contributed by atoms with Crippen molar-refractivity contribution in [3.05, 3.63) is 197 Å². The van der Waals surface area contributed by atoms with E-state index in [1.807, 2.05) is 42.7 Å². The van der Waals surface area contributed by atoms with Gasteiger partial charge in [-0.15, -0.1) is 53.6 Å². The second-order valence-corrected chi connectivity index (χ2v) is 24.8. The van der Waals surface area contributed by atoms with Gasteiger partial charge >= 0.3 is 0 Å². The van der Waals surface area contributed by atoms with Crippen LogP contribution in [-0.2, 0) is 25.5 Å². The van der Waals surface area contributed by atoms with Crippen LogP contribution in [0.5, 0.6) is 0 Å². The molecule has 345 valence electrons.